The normalized spacial score (nSPS) is 30.6. The number of rotatable bonds is 4. The van der Waals surface area contributed by atoms with E-state index in [-0.39, 0.29) is 0 Å². The Balaban J connectivity index is 1.54. The van der Waals surface area contributed by atoms with Gasteiger partial charge in [0.15, 0.2) is 0 Å². The fourth-order valence-corrected chi connectivity index (χ4v) is 2.16. The molecule has 14 heavy (non-hydrogen) atoms. The lowest BCUT2D eigenvalue weighted by molar-refractivity contribution is 0.495. The summed E-state index contributed by atoms with van der Waals surface area (Å²) in [5.41, 5.74) is 1.32. The minimum absolute atomic E-state index is 0.705. The number of furan rings is 1. The Labute approximate surface area is 84.7 Å². The topological polar surface area (TPSA) is 25.2 Å². The van der Waals surface area contributed by atoms with Crippen LogP contribution in [0.15, 0.2) is 16.7 Å². The third kappa shape index (κ3) is 1.59. The van der Waals surface area contributed by atoms with Gasteiger partial charge in [0.25, 0.3) is 0 Å². The first kappa shape index (κ1) is 8.54. The first-order chi connectivity index (χ1) is 6.84. The maximum atomic E-state index is 5.51. The molecule has 0 saturated heterocycles. The molecule has 2 nitrogen and oxygen atoms in total. The summed E-state index contributed by atoms with van der Waals surface area (Å²) < 4.78 is 5.51. The van der Waals surface area contributed by atoms with E-state index in [0.717, 1.165) is 12.0 Å². The van der Waals surface area contributed by atoms with Crippen LogP contribution in [0.2, 0.25) is 0 Å². The highest BCUT2D eigenvalue weighted by Crippen LogP contribution is 2.48. The van der Waals surface area contributed by atoms with Crippen molar-refractivity contribution in [3.8, 4) is 0 Å². The van der Waals surface area contributed by atoms with Crippen LogP contribution < -0.4 is 5.32 Å². The Morgan fingerprint density at radius 1 is 1.50 bits per heavy atom. The van der Waals surface area contributed by atoms with Gasteiger partial charge in [-0.1, -0.05) is 0 Å². The summed E-state index contributed by atoms with van der Waals surface area (Å²) in [5, 5.41) is 3.59. The molecule has 2 unspecified atom stereocenters. The van der Waals surface area contributed by atoms with E-state index in [1.807, 2.05) is 6.26 Å². The van der Waals surface area contributed by atoms with Crippen molar-refractivity contribution in [3.05, 3.63) is 23.7 Å². The molecule has 76 valence electrons. The van der Waals surface area contributed by atoms with Crippen LogP contribution in [0.1, 0.15) is 36.5 Å². The Hall–Kier alpha value is -0.760. The minimum Gasteiger partial charge on any atom is -0.469 e. The number of aryl methyl sites for hydroxylation is 1. The van der Waals surface area contributed by atoms with Gasteiger partial charge in [0.1, 0.15) is 5.76 Å². The highest BCUT2D eigenvalue weighted by Gasteiger charge is 2.41. The fourth-order valence-electron chi connectivity index (χ4n) is 2.16. The summed E-state index contributed by atoms with van der Waals surface area (Å²) >= 11 is 0. The molecule has 2 heteroatoms. The van der Waals surface area contributed by atoms with Crippen LogP contribution in [0.25, 0.3) is 0 Å². The van der Waals surface area contributed by atoms with Crippen molar-refractivity contribution in [1.29, 1.82) is 0 Å². The molecule has 2 fully saturated rings. The zero-order valence-corrected chi connectivity index (χ0v) is 8.62. The van der Waals surface area contributed by atoms with Gasteiger partial charge in [0, 0.05) is 12.0 Å². The van der Waals surface area contributed by atoms with Crippen molar-refractivity contribution in [2.45, 2.75) is 38.1 Å². The van der Waals surface area contributed by atoms with E-state index in [1.54, 1.807) is 0 Å². The third-order valence-electron chi connectivity index (χ3n) is 3.41. The molecule has 1 N–H and O–H groups in total. The average Bonchev–Trinajstić information content (AvgIpc) is 3.07. The summed E-state index contributed by atoms with van der Waals surface area (Å²) in [7, 11) is 0. The lowest BCUT2D eigenvalue weighted by Gasteiger charge is -2.00. The smallest absolute Gasteiger partial charge is 0.110 e. The molecule has 1 aromatic rings. The van der Waals surface area contributed by atoms with Gasteiger partial charge in [0.2, 0.25) is 0 Å². The molecule has 2 saturated carbocycles. The van der Waals surface area contributed by atoms with Crippen LogP contribution >= 0.6 is 0 Å². The zero-order valence-electron chi connectivity index (χ0n) is 8.62. The maximum Gasteiger partial charge on any atom is 0.110 e. The number of nitrogens with one attached hydrogen (secondary N) is 1. The van der Waals surface area contributed by atoms with E-state index < -0.39 is 0 Å². The first-order valence-corrected chi connectivity index (χ1v) is 5.62. The van der Waals surface area contributed by atoms with Crippen molar-refractivity contribution >= 4 is 0 Å². The summed E-state index contributed by atoms with van der Waals surface area (Å²) in [5.74, 6) is 2.77. The SMILES string of the molecule is Cc1ccoc1C1CC1CNC1CC1. The van der Waals surface area contributed by atoms with Crippen molar-refractivity contribution < 1.29 is 4.42 Å². The highest BCUT2D eigenvalue weighted by atomic mass is 16.3. The first-order valence-electron chi connectivity index (χ1n) is 5.62. The van der Waals surface area contributed by atoms with Crippen LogP contribution in [0, 0.1) is 12.8 Å². The average molecular weight is 191 g/mol. The van der Waals surface area contributed by atoms with Crippen LogP contribution in [-0.4, -0.2) is 12.6 Å². The summed E-state index contributed by atoms with van der Waals surface area (Å²) in [6.45, 7) is 3.33. The molecule has 0 radical (unpaired) electrons. The number of hydrogen-bond acceptors (Lipinski definition) is 2. The molecule has 0 aromatic carbocycles. The lowest BCUT2D eigenvalue weighted by Crippen LogP contribution is -2.19. The minimum atomic E-state index is 0.705. The van der Waals surface area contributed by atoms with Crippen molar-refractivity contribution in [2.75, 3.05) is 6.54 Å². The Morgan fingerprint density at radius 2 is 2.36 bits per heavy atom. The van der Waals surface area contributed by atoms with Crippen LogP contribution in [0.4, 0.5) is 0 Å². The molecule has 2 aliphatic carbocycles. The van der Waals surface area contributed by atoms with Gasteiger partial charge >= 0.3 is 0 Å². The maximum absolute atomic E-state index is 5.51. The molecule has 2 aliphatic rings. The van der Waals surface area contributed by atoms with Gasteiger partial charge in [0.05, 0.1) is 6.26 Å². The molecular weight excluding hydrogens is 174 g/mol. The molecule has 0 spiro atoms. The van der Waals surface area contributed by atoms with E-state index in [0.29, 0.717) is 5.92 Å². The monoisotopic (exact) mass is 191 g/mol. The summed E-state index contributed by atoms with van der Waals surface area (Å²) in [6, 6.07) is 2.91. The fraction of sp³-hybridized carbons (Fsp3) is 0.667. The molecule has 2 atom stereocenters. The molecule has 3 rings (SSSR count). The second-order valence-electron chi connectivity index (χ2n) is 4.75. The zero-order chi connectivity index (χ0) is 9.54. The van der Waals surface area contributed by atoms with Crippen molar-refractivity contribution in [1.82, 2.24) is 5.32 Å². The van der Waals surface area contributed by atoms with E-state index in [1.165, 1.54) is 37.1 Å². The van der Waals surface area contributed by atoms with Gasteiger partial charge in [-0.2, -0.15) is 0 Å². The van der Waals surface area contributed by atoms with Crippen LogP contribution in [0.5, 0.6) is 0 Å². The van der Waals surface area contributed by atoms with Gasteiger partial charge in [-0.25, -0.2) is 0 Å². The predicted octanol–water partition coefficient (Wildman–Crippen LogP) is 2.44. The third-order valence-corrected chi connectivity index (χ3v) is 3.41. The highest BCUT2D eigenvalue weighted by molar-refractivity contribution is 5.24. The van der Waals surface area contributed by atoms with Gasteiger partial charge < -0.3 is 9.73 Å². The van der Waals surface area contributed by atoms with Gasteiger partial charge in [-0.15, -0.1) is 0 Å². The molecule has 0 bridgehead atoms. The predicted molar refractivity (Wildman–Crippen MR) is 55.3 cm³/mol. The quantitative estimate of drug-likeness (QED) is 0.790. The van der Waals surface area contributed by atoms with E-state index in [2.05, 4.69) is 18.3 Å². The van der Waals surface area contributed by atoms with Crippen LogP contribution in [-0.2, 0) is 0 Å². The molecule has 0 aliphatic heterocycles. The van der Waals surface area contributed by atoms with Gasteiger partial charge in [-0.05, 0) is 50.3 Å². The molecular formula is C12H17NO. The molecule has 1 aromatic heterocycles. The van der Waals surface area contributed by atoms with E-state index >= 15 is 0 Å². The summed E-state index contributed by atoms with van der Waals surface area (Å²) in [4.78, 5) is 0. The van der Waals surface area contributed by atoms with Gasteiger partial charge in [-0.3, -0.25) is 0 Å². The van der Waals surface area contributed by atoms with E-state index in [4.69, 9.17) is 4.42 Å². The van der Waals surface area contributed by atoms with E-state index in [9.17, 15) is 0 Å². The van der Waals surface area contributed by atoms with Crippen molar-refractivity contribution in [2.24, 2.45) is 5.92 Å². The second kappa shape index (κ2) is 3.13. The Morgan fingerprint density at radius 3 is 3.00 bits per heavy atom. The van der Waals surface area contributed by atoms with Crippen molar-refractivity contribution in [3.63, 3.8) is 0 Å². The Kier molecular flexibility index (Phi) is 1.91. The largest absolute Gasteiger partial charge is 0.469 e. The Bertz CT molecular complexity index is 327. The second-order valence-corrected chi connectivity index (χ2v) is 4.75. The summed E-state index contributed by atoms with van der Waals surface area (Å²) in [6.07, 6.45) is 5.90. The standard InChI is InChI=1S/C12H17NO/c1-8-4-5-14-12(8)11-6-9(11)7-13-10-2-3-10/h4-5,9-11,13H,2-3,6-7H2,1H3. The molecule has 0 amide bonds. The van der Waals surface area contributed by atoms with Crippen LogP contribution in [0.3, 0.4) is 0 Å². The number of hydrogen-bond donors (Lipinski definition) is 1. The molecule has 1 heterocycles. The lowest BCUT2D eigenvalue weighted by atomic mass is 10.2.